The Morgan fingerprint density at radius 1 is 1.28 bits per heavy atom. The fourth-order valence-corrected chi connectivity index (χ4v) is 2.82. The van der Waals surface area contributed by atoms with E-state index in [2.05, 4.69) is 10.6 Å². The number of rotatable bonds is 6. The van der Waals surface area contributed by atoms with Crippen LogP contribution in [0.3, 0.4) is 0 Å². The number of benzene rings is 1. The van der Waals surface area contributed by atoms with Gasteiger partial charge in [0.05, 0.1) is 18.8 Å². The Bertz CT molecular complexity index is 876. The minimum atomic E-state index is -4.63. The van der Waals surface area contributed by atoms with Crippen molar-refractivity contribution in [3.8, 4) is 0 Å². The summed E-state index contributed by atoms with van der Waals surface area (Å²) >= 11 is 0. The maximum absolute atomic E-state index is 12.1. The maximum Gasteiger partial charge on any atom is 0.296 e. The normalized spacial score (nSPS) is 14.5. The molecule has 25 heavy (non-hydrogen) atoms. The van der Waals surface area contributed by atoms with Crippen LogP contribution in [0.2, 0.25) is 0 Å². The van der Waals surface area contributed by atoms with Crippen molar-refractivity contribution < 1.29 is 32.5 Å². The molecule has 11 heteroatoms. The number of carbonyl (C=O) groups is 3. The van der Waals surface area contributed by atoms with Gasteiger partial charge in [0.25, 0.3) is 21.9 Å². The summed E-state index contributed by atoms with van der Waals surface area (Å²) < 4.78 is 32.3. The molecule has 0 atom stereocenters. The number of aliphatic hydroxyl groups is 1. The van der Waals surface area contributed by atoms with Crippen molar-refractivity contribution in [2.75, 3.05) is 23.8 Å². The second-order valence-corrected chi connectivity index (χ2v) is 6.46. The molecule has 0 bridgehead atoms. The second kappa shape index (κ2) is 7.01. The topological polar surface area (TPSA) is 153 Å². The summed E-state index contributed by atoms with van der Waals surface area (Å²) in [4.78, 5) is 35.2. The molecule has 1 aromatic rings. The molecule has 134 valence electrons. The van der Waals surface area contributed by atoms with Crippen molar-refractivity contribution in [3.63, 3.8) is 0 Å². The molecule has 0 aliphatic carbocycles. The van der Waals surface area contributed by atoms with Gasteiger partial charge in [-0.1, -0.05) is 0 Å². The Balaban J connectivity index is 2.40. The van der Waals surface area contributed by atoms with Crippen LogP contribution in [0.1, 0.15) is 6.92 Å². The number of carbonyl (C=O) groups excluding carboxylic acids is 3. The monoisotopic (exact) mass is 369 g/mol. The third-order valence-corrected chi connectivity index (χ3v) is 4.09. The zero-order valence-corrected chi connectivity index (χ0v) is 13.8. The van der Waals surface area contributed by atoms with Crippen LogP contribution in [0.5, 0.6) is 0 Å². The predicted octanol–water partition coefficient (Wildman–Crippen LogP) is -0.451. The number of β-amino-alcohol motifs (C(OH)–C–C–N with tert-alkyl or cyclic N) is 1. The molecule has 1 aliphatic heterocycles. The minimum absolute atomic E-state index is 0.202. The van der Waals surface area contributed by atoms with E-state index in [1.807, 2.05) is 0 Å². The zero-order chi connectivity index (χ0) is 18.8. The average molecular weight is 369 g/mol. The van der Waals surface area contributed by atoms with E-state index < -0.39 is 39.3 Å². The van der Waals surface area contributed by atoms with E-state index in [-0.39, 0.29) is 23.6 Å². The highest BCUT2D eigenvalue weighted by Gasteiger charge is 2.31. The Labute approximate surface area is 142 Å². The average Bonchev–Trinajstić information content (AvgIpc) is 2.73. The molecule has 0 radical (unpaired) electrons. The van der Waals surface area contributed by atoms with Crippen LogP contribution in [0.4, 0.5) is 11.4 Å². The summed E-state index contributed by atoms with van der Waals surface area (Å²) in [6, 6.07) is 3.48. The minimum Gasteiger partial charge on any atom is -0.395 e. The summed E-state index contributed by atoms with van der Waals surface area (Å²) in [5.41, 5.74) is -0.220. The predicted molar refractivity (Wildman–Crippen MR) is 86.1 cm³/mol. The standard InChI is InChI=1S/C14H15N3O7S/c1-8(19)15-9-2-3-12(25(22,23)24)10(6-9)16-11-7-13(20)17(4-5-18)14(11)21/h2-3,6-7,16,18H,4-5H2,1H3,(H,15,19)(H,22,23,24). The molecule has 4 N–H and O–H groups in total. The van der Waals surface area contributed by atoms with E-state index in [9.17, 15) is 27.4 Å². The van der Waals surface area contributed by atoms with Gasteiger partial charge in [0.15, 0.2) is 0 Å². The van der Waals surface area contributed by atoms with Gasteiger partial charge in [0.2, 0.25) is 5.91 Å². The van der Waals surface area contributed by atoms with E-state index in [0.29, 0.717) is 0 Å². The third-order valence-electron chi connectivity index (χ3n) is 3.18. The van der Waals surface area contributed by atoms with E-state index in [1.54, 1.807) is 0 Å². The van der Waals surface area contributed by atoms with Gasteiger partial charge in [-0.05, 0) is 18.2 Å². The lowest BCUT2D eigenvalue weighted by Crippen LogP contribution is -2.34. The smallest absolute Gasteiger partial charge is 0.296 e. The van der Waals surface area contributed by atoms with Crippen molar-refractivity contribution in [1.29, 1.82) is 0 Å². The number of hydrogen-bond donors (Lipinski definition) is 4. The molecule has 1 aromatic carbocycles. The molecule has 1 heterocycles. The van der Waals surface area contributed by atoms with Gasteiger partial charge in [-0.25, -0.2) is 0 Å². The molecule has 0 unspecified atom stereocenters. The number of nitrogens with zero attached hydrogens (tertiary/aromatic N) is 1. The summed E-state index contributed by atoms with van der Waals surface area (Å²) in [5, 5.41) is 13.8. The molecule has 0 fully saturated rings. The summed E-state index contributed by atoms with van der Waals surface area (Å²) in [5.74, 6) is -1.84. The molecule has 0 spiro atoms. The molecule has 10 nitrogen and oxygen atoms in total. The van der Waals surface area contributed by atoms with Crippen molar-refractivity contribution in [1.82, 2.24) is 4.90 Å². The molecule has 2 rings (SSSR count). The van der Waals surface area contributed by atoms with Crippen molar-refractivity contribution in [2.24, 2.45) is 0 Å². The van der Waals surface area contributed by atoms with E-state index in [0.717, 1.165) is 17.0 Å². The Hall–Kier alpha value is -2.76. The van der Waals surface area contributed by atoms with Crippen LogP contribution < -0.4 is 10.6 Å². The first-order valence-corrected chi connectivity index (χ1v) is 8.42. The lowest BCUT2D eigenvalue weighted by molar-refractivity contribution is -0.137. The van der Waals surface area contributed by atoms with Gasteiger partial charge < -0.3 is 15.7 Å². The fourth-order valence-electron chi connectivity index (χ4n) is 2.19. The summed E-state index contributed by atoms with van der Waals surface area (Å²) in [6.45, 7) is 0.613. The molecule has 0 saturated carbocycles. The SMILES string of the molecule is CC(=O)Nc1ccc(S(=O)(=O)O)c(NC2=CC(=O)N(CCO)C2=O)c1. The van der Waals surface area contributed by atoms with Crippen LogP contribution in [-0.4, -0.2) is 53.9 Å². The lowest BCUT2D eigenvalue weighted by atomic mass is 10.2. The number of imide groups is 1. The van der Waals surface area contributed by atoms with Gasteiger partial charge in [0.1, 0.15) is 10.6 Å². The molecular weight excluding hydrogens is 354 g/mol. The number of amides is 3. The van der Waals surface area contributed by atoms with E-state index in [4.69, 9.17) is 5.11 Å². The van der Waals surface area contributed by atoms with E-state index >= 15 is 0 Å². The zero-order valence-electron chi connectivity index (χ0n) is 13.0. The van der Waals surface area contributed by atoms with Gasteiger partial charge in [0, 0.05) is 18.7 Å². The van der Waals surface area contributed by atoms with Crippen LogP contribution in [0.25, 0.3) is 0 Å². The highest BCUT2D eigenvalue weighted by Crippen LogP contribution is 2.28. The number of hydrogen-bond acceptors (Lipinski definition) is 7. The first kappa shape index (κ1) is 18.6. The number of aliphatic hydroxyl groups excluding tert-OH is 1. The molecule has 0 aromatic heterocycles. The maximum atomic E-state index is 12.1. The van der Waals surface area contributed by atoms with Crippen LogP contribution in [0.15, 0.2) is 34.9 Å². The molecule has 1 aliphatic rings. The first-order chi connectivity index (χ1) is 11.6. The molecule has 3 amide bonds. The van der Waals surface area contributed by atoms with Crippen LogP contribution in [-0.2, 0) is 24.5 Å². The van der Waals surface area contributed by atoms with Gasteiger partial charge in [-0.3, -0.25) is 23.8 Å². The Kier molecular flexibility index (Phi) is 5.21. The first-order valence-electron chi connectivity index (χ1n) is 6.98. The summed E-state index contributed by atoms with van der Waals surface area (Å²) in [6.07, 6.45) is 0.941. The molecule has 0 saturated heterocycles. The van der Waals surface area contributed by atoms with Crippen LogP contribution >= 0.6 is 0 Å². The Morgan fingerprint density at radius 2 is 1.96 bits per heavy atom. The van der Waals surface area contributed by atoms with Crippen molar-refractivity contribution >= 4 is 39.2 Å². The lowest BCUT2D eigenvalue weighted by Gasteiger charge is -2.15. The van der Waals surface area contributed by atoms with E-state index in [1.165, 1.54) is 19.1 Å². The Morgan fingerprint density at radius 3 is 2.52 bits per heavy atom. The fraction of sp³-hybridized carbons (Fsp3) is 0.214. The highest BCUT2D eigenvalue weighted by molar-refractivity contribution is 7.86. The van der Waals surface area contributed by atoms with Gasteiger partial charge in [-0.2, -0.15) is 8.42 Å². The summed E-state index contributed by atoms with van der Waals surface area (Å²) in [7, 11) is -4.63. The highest BCUT2D eigenvalue weighted by atomic mass is 32.2. The van der Waals surface area contributed by atoms with Crippen LogP contribution in [0, 0.1) is 0 Å². The molecular formula is C14H15N3O7S. The second-order valence-electron chi connectivity index (χ2n) is 5.07. The van der Waals surface area contributed by atoms with Gasteiger partial charge >= 0.3 is 0 Å². The van der Waals surface area contributed by atoms with Crippen molar-refractivity contribution in [3.05, 3.63) is 30.0 Å². The largest absolute Gasteiger partial charge is 0.395 e. The number of anilines is 2. The third kappa shape index (κ3) is 4.21. The quantitative estimate of drug-likeness (QED) is 0.388. The van der Waals surface area contributed by atoms with Crippen molar-refractivity contribution in [2.45, 2.75) is 11.8 Å². The number of nitrogens with one attached hydrogen (secondary N) is 2. The van der Waals surface area contributed by atoms with Gasteiger partial charge in [-0.15, -0.1) is 0 Å².